The summed E-state index contributed by atoms with van der Waals surface area (Å²) >= 11 is 3.52. The maximum atomic E-state index is 12.7. The zero-order chi connectivity index (χ0) is 22.1. The third-order valence-corrected chi connectivity index (χ3v) is 7.69. The van der Waals surface area contributed by atoms with Crippen LogP contribution in [0.4, 0.5) is 25.3 Å². The van der Waals surface area contributed by atoms with Crippen molar-refractivity contribution < 1.29 is 13.6 Å². The molecule has 3 aromatic carbocycles. The van der Waals surface area contributed by atoms with Gasteiger partial charge < -0.3 is 10.2 Å². The lowest BCUT2D eigenvalue weighted by atomic mass is 10.2. The Balaban J connectivity index is 1.29. The highest BCUT2D eigenvalue weighted by molar-refractivity contribution is 8.00. The minimum Gasteiger partial charge on any atom is -0.339 e. The second-order valence-corrected chi connectivity index (χ2v) is 10.2. The van der Waals surface area contributed by atoms with Crippen LogP contribution in [0.5, 0.6) is 0 Å². The Bertz CT molecular complexity index is 1250. The largest absolute Gasteiger partial charge is 0.339 e. The van der Waals surface area contributed by atoms with Gasteiger partial charge in [0.1, 0.15) is 0 Å². The van der Waals surface area contributed by atoms with Gasteiger partial charge in [0.25, 0.3) is 5.76 Å². The normalized spacial score (nSPS) is 12.7. The summed E-state index contributed by atoms with van der Waals surface area (Å²) in [5, 5.41) is 3.33. The maximum Gasteiger partial charge on any atom is 0.288 e. The quantitative estimate of drug-likeness (QED) is 0.292. The van der Waals surface area contributed by atoms with E-state index in [2.05, 4.69) is 39.5 Å². The molecule has 1 aliphatic heterocycles. The Morgan fingerprint density at radius 1 is 1.03 bits per heavy atom. The predicted octanol–water partition coefficient (Wildman–Crippen LogP) is 7.24. The van der Waals surface area contributed by atoms with Gasteiger partial charge in [0, 0.05) is 27.7 Å². The van der Waals surface area contributed by atoms with Gasteiger partial charge in [0.2, 0.25) is 5.91 Å². The van der Waals surface area contributed by atoms with Crippen molar-refractivity contribution in [2.75, 3.05) is 16.8 Å². The summed E-state index contributed by atoms with van der Waals surface area (Å²) in [7, 11) is 0. The lowest BCUT2D eigenvalue weighted by Crippen LogP contribution is -2.25. The van der Waals surface area contributed by atoms with Crippen LogP contribution in [0.2, 0.25) is 0 Å². The molecule has 0 aliphatic carbocycles. The molecule has 4 aromatic rings. The fourth-order valence-electron chi connectivity index (χ4n) is 3.55. The van der Waals surface area contributed by atoms with Gasteiger partial charge in [-0.15, -0.1) is 0 Å². The highest BCUT2D eigenvalue weighted by Crippen LogP contribution is 2.47. The van der Waals surface area contributed by atoms with E-state index in [1.165, 1.54) is 11.3 Å². The number of aromatic nitrogens is 1. The highest BCUT2D eigenvalue weighted by Gasteiger charge is 2.23. The van der Waals surface area contributed by atoms with Crippen molar-refractivity contribution in [2.45, 2.75) is 26.9 Å². The Morgan fingerprint density at radius 2 is 1.72 bits per heavy atom. The van der Waals surface area contributed by atoms with E-state index >= 15 is 0 Å². The Labute approximate surface area is 196 Å². The van der Waals surface area contributed by atoms with E-state index in [0.717, 1.165) is 25.9 Å². The fourth-order valence-corrected chi connectivity index (χ4v) is 6.18. The molecule has 0 fully saturated rings. The molecule has 0 saturated heterocycles. The smallest absolute Gasteiger partial charge is 0.288 e. The van der Waals surface area contributed by atoms with Crippen LogP contribution in [0.3, 0.4) is 0 Å². The third kappa shape index (κ3) is 4.46. The van der Waals surface area contributed by atoms with Gasteiger partial charge >= 0.3 is 0 Å². The lowest BCUT2D eigenvalue weighted by Gasteiger charge is -2.32. The number of nitrogens with zero attached hydrogens (tertiary/aromatic N) is 2. The first-order valence-electron chi connectivity index (χ1n) is 9.85. The molecule has 0 atom stereocenters. The molecule has 2 heterocycles. The number of amides is 1. The van der Waals surface area contributed by atoms with Crippen LogP contribution in [0, 0.1) is 0 Å². The van der Waals surface area contributed by atoms with Crippen molar-refractivity contribution in [3.05, 3.63) is 66.7 Å². The molecule has 1 aliphatic rings. The summed E-state index contributed by atoms with van der Waals surface area (Å²) in [6, 6.07) is 21.3. The van der Waals surface area contributed by atoms with Crippen molar-refractivity contribution in [2.24, 2.45) is 0 Å². The number of hydrogen-bond acceptors (Lipinski definition) is 6. The number of alkyl halides is 2. The minimum atomic E-state index is -2.47. The molecule has 0 radical (unpaired) electrons. The van der Waals surface area contributed by atoms with Crippen LogP contribution in [-0.2, 0) is 4.79 Å². The number of para-hydroxylation sites is 2. The summed E-state index contributed by atoms with van der Waals surface area (Å²) in [4.78, 5) is 22.1. The number of halogens is 2. The number of hydrogen-bond donors (Lipinski definition) is 1. The third-order valence-electron chi connectivity index (χ3n) is 4.93. The molecule has 0 bridgehead atoms. The molecule has 5 rings (SSSR count). The van der Waals surface area contributed by atoms with E-state index < -0.39 is 5.76 Å². The molecule has 32 heavy (non-hydrogen) atoms. The SMILES string of the molecule is O=C(CCN1c2ccccc2Sc2ccccc21)Nc1nc2ccc(SC(F)F)cc2s1. The van der Waals surface area contributed by atoms with E-state index in [1.54, 1.807) is 30.0 Å². The second-order valence-electron chi connectivity index (χ2n) is 7.01. The van der Waals surface area contributed by atoms with E-state index in [1.807, 2.05) is 24.3 Å². The molecule has 1 amide bonds. The first-order chi connectivity index (χ1) is 15.6. The van der Waals surface area contributed by atoms with Crippen LogP contribution in [0.15, 0.2) is 81.4 Å². The number of carbonyl (C=O) groups is 1. The highest BCUT2D eigenvalue weighted by atomic mass is 32.2. The Kier molecular flexibility index (Phi) is 6.03. The van der Waals surface area contributed by atoms with Crippen LogP contribution in [0.1, 0.15) is 6.42 Å². The minimum absolute atomic E-state index is 0.139. The van der Waals surface area contributed by atoms with Gasteiger partial charge in [-0.25, -0.2) is 4.98 Å². The van der Waals surface area contributed by atoms with Crippen molar-refractivity contribution in [3.8, 4) is 0 Å². The van der Waals surface area contributed by atoms with Crippen LogP contribution in [0.25, 0.3) is 10.2 Å². The van der Waals surface area contributed by atoms with Gasteiger partial charge in [-0.1, -0.05) is 59.1 Å². The fraction of sp³-hybridized carbons (Fsp3) is 0.130. The van der Waals surface area contributed by atoms with Crippen molar-refractivity contribution in [1.82, 2.24) is 4.98 Å². The lowest BCUT2D eigenvalue weighted by molar-refractivity contribution is -0.116. The molecule has 1 N–H and O–H groups in total. The van der Waals surface area contributed by atoms with E-state index in [-0.39, 0.29) is 12.3 Å². The topological polar surface area (TPSA) is 45.2 Å². The molecular formula is C23H17F2N3OS3. The van der Waals surface area contributed by atoms with Crippen molar-refractivity contribution in [3.63, 3.8) is 0 Å². The monoisotopic (exact) mass is 485 g/mol. The van der Waals surface area contributed by atoms with Crippen LogP contribution < -0.4 is 10.2 Å². The molecule has 0 unspecified atom stereocenters. The number of anilines is 3. The summed E-state index contributed by atoms with van der Waals surface area (Å²) in [5.41, 5.74) is 2.86. The number of thiazole rings is 1. The van der Waals surface area contributed by atoms with Gasteiger partial charge in [-0.05, 0) is 42.5 Å². The van der Waals surface area contributed by atoms with E-state index in [9.17, 15) is 13.6 Å². The molecule has 1 aromatic heterocycles. The number of fused-ring (bicyclic) bond motifs is 3. The number of benzene rings is 3. The number of nitrogens with one attached hydrogen (secondary N) is 1. The zero-order valence-electron chi connectivity index (χ0n) is 16.6. The summed E-state index contributed by atoms with van der Waals surface area (Å²) < 4.78 is 26.0. The zero-order valence-corrected chi connectivity index (χ0v) is 19.1. The van der Waals surface area contributed by atoms with Gasteiger partial charge in [0.15, 0.2) is 5.13 Å². The summed E-state index contributed by atoms with van der Waals surface area (Å²) in [5.74, 6) is -2.61. The Hall–Kier alpha value is -2.62. The maximum absolute atomic E-state index is 12.7. The van der Waals surface area contributed by atoms with E-state index in [0.29, 0.717) is 33.9 Å². The van der Waals surface area contributed by atoms with E-state index in [4.69, 9.17) is 0 Å². The first kappa shape index (κ1) is 21.2. The number of rotatable bonds is 6. The Morgan fingerprint density at radius 3 is 2.41 bits per heavy atom. The van der Waals surface area contributed by atoms with Crippen molar-refractivity contribution in [1.29, 1.82) is 0 Å². The standard InChI is InChI=1S/C23H17F2N3OS3/c24-22(25)30-14-9-10-15-20(13-14)32-23(26-15)27-21(29)11-12-28-16-5-1-3-7-18(16)31-19-8-4-2-6-17(19)28/h1-10,13,22H,11-12H2,(H,26,27,29). The molecule has 4 nitrogen and oxygen atoms in total. The van der Waals surface area contributed by atoms with Gasteiger partial charge in [-0.2, -0.15) is 8.78 Å². The molecule has 0 spiro atoms. The molecule has 0 saturated carbocycles. The van der Waals surface area contributed by atoms with Crippen LogP contribution >= 0.6 is 34.9 Å². The number of thioether (sulfide) groups is 1. The average Bonchev–Trinajstić information content (AvgIpc) is 3.17. The second kappa shape index (κ2) is 9.09. The molecular weight excluding hydrogens is 468 g/mol. The average molecular weight is 486 g/mol. The number of carbonyl (C=O) groups excluding carboxylic acids is 1. The summed E-state index contributed by atoms with van der Waals surface area (Å²) in [6.45, 7) is 0.528. The summed E-state index contributed by atoms with van der Waals surface area (Å²) in [6.07, 6.45) is 0.287. The molecule has 9 heteroatoms. The first-order valence-corrected chi connectivity index (χ1v) is 12.4. The van der Waals surface area contributed by atoms with Gasteiger partial charge in [0.05, 0.1) is 21.6 Å². The van der Waals surface area contributed by atoms with Gasteiger partial charge in [-0.3, -0.25) is 4.79 Å². The predicted molar refractivity (Wildman–Crippen MR) is 129 cm³/mol. The molecule has 162 valence electrons. The van der Waals surface area contributed by atoms with Crippen molar-refractivity contribution >= 4 is 67.5 Å². The van der Waals surface area contributed by atoms with Crippen LogP contribution in [-0.4, -0.2) is 23.2 Å².